The van der Waals surface area contributed by atoms with Crippen LogP contribution in [0.4, 0.5) is 0 Å². The maximum Gasteiger partial charge on any atom is 0.237 e. The first-order valence-corrected chi connectivity index (χ1v) is 8.75. The first-order chi connectivity index (χ1) is 12.7. The Balaban J connectivity index is 1.85. The highest BCUT2D eigenvalue weighted by atomic mass is 16.1. The summed E-state index contributed by atoms with van der Waals surface area (Å²) in [5.41, 5.74) is 15.6. The van der Waals surface area contributed by atoms with Gasteiger partial charge in [0.25, 0.3) is 0 Å². The Labute approximate surface area is 152 Å². The van der Waals surface area contributed by atoms with Gasteiger partial charge in [0.05, 0.1) is 0 Å². The topological polar surface area (TPSA) is 74.0 Å². The number of carbonyl (C=O) groups is 1. The van der Waals surface area contributed by atoms with Gasteiger partial charge in [-0.1, -0.05) is 42.5 Å². The molecule has 1 heterocycles. The van der Waals surface area contributed by atoms with Crippen LogP contribution >= 0.6 is 0 Å². The SMILES string of the molecule is NCCc1cn(CC(N)=O)c2ccc(-c3ccc4ccccc4c3)cc12. The third-order valence-corrected chi connectivity index (χ3v) is 4.79. The highest BCUT2D eigenvalue weighted by molar-refractivity contribution is 5.92. The van der Waals surface area contributed by atoms with E-state index in [1.165, 1.54) is 16.3 Å². The van der Waals surface area contributed by atoms with Crippen LogP contribution in [0.25, 0.3) is 32.8 Å². The molecule has 0 atom stereocenters. The summed E-state index contributed by atoms with van der Waals surface area (Å²) in [7, 11) is 0. The van der Waals surface area contributed by atoms with Crippen molar-refractivity contribution in [3.8, 4) is 11.1 Å². The Hall–Kier alpha value is -3.11. The highest BCUT2D eigenvalue weighted by Gasteiger charge is 2.11. The van der Waals surface area contributed by atoms with Crippen LogP contribution < -0.4 is 11.5 Å². The van der Waals surface area contributed by atoms with Crippen molar-refractivity contribution in [1.29, 1.82) is 0 Å². The van der Waals surface area contributed by atoms with Gasteiger partial charge in [0, 0.05) is 17.1 Å². The van der Waals surface area contributed by atoms with Gasteiger partial charge in [-0.25, -0.2) is 0 Å². The standard InChI is InChI=1S/C22H21N3O/c23-10-9-19-13-25(14-22(24)26)21-8-7-18(12-20(19)21)17-6-5-15-3-1-2-4-16(15)11-17/h1-8,11-13H,9-10,14,23H2,(H2,24,26). The smallest absolute Gasteiger partial charge is 0.237 e. The molecule has 0 spiro atoms. The molecule has 4 heteroatoms. The van der Waals surface area contributed by atoms with Crippen molar-refractivity contribution in [3.05, 3.63) is 72.4 Å². The van der Waals surface area contributed by atoms with Crippen molar-refractivity contribution >= 4 is 27.6 Å². The second-order valence-electron chi connectivity index (χ2n) is 6.58. The lowest BCUT2D eigenvalue weighted by Gasteiger charge is -2.07. The Bertz CT molecular complexity index is 1110. The molecule has 26 heavy (non-hydrogen) atoms. The van der Waals surface area contributed by atoms with Crippen LogP contribution in [0.1, 0.15) is 5.56 Å². The molecular formula is C22H21N3O. The van der Waals surface area contributed by atoms with Crippen LogP contribution in [0.3, 0.4) is 0 Å². The van der Waals surface area contributed by atoms with E-state index in [-0.39, 0.29) is 12.5 Å². The summed E-state index contributed by atoms with van der Waals surface area (Å²) in [6.45, 7) is 0.742. The molecule has 0 aliphatic rings. The molecule has 4 nitrogen and oxygen atoms in total. The van der Waals surface area contributed by atoms with E-state index in [2.05, 4.69) is 60.7 Å². The van der Waals surface area contributed by atoms with Crippen LogP contribution in [0.2, 0.25) is 0 Å². The average molecular weight is 343 g/mol. The van der Waals surface area contributed by atoms with E-state index < -0.39 is 0 Å². The number of primary amides is 1. The van der Waals surface area contributed by atoms with Crippen LogP contribution in [-0.4, -0.2) is 17.0 Å². The third-order valence-electron chi connectivity index (χ3n) is 4.79. The Morgan fingerprint density at radius 3 is 2.42 bits per heavy atom. The van der Waals surface area contributed by atoms with E-state index in [1.54, 1.807) is 0 Å². The maximum absolute atomic E-state index is 11.4. The summed E-state index contributed by atoms with van der Waals surface area (Å²) in [4.78, 5) is 11.4. The molecule has 0 bridgehead atoms. The summed E-state index contributed by atoms with van der Waals surface area (Å²) in [5.74, 6) is -0.347. The summed E-state index contributed by atoms with van der Waals surface area (Å²) < 4.78 is 1.91. The Morgan fingerprint density at radius 1 is 0.923 bits per heavy atom. The van der Waals surface area contributed by atoms with E-state index in [9.17, 15) is 4.79 Å². The van der Waals surface area contributed by atoms with Crippen LogP contribution in [0.15, 0.2) is 66.9 Å². The predicted molar refractivity (Wildman–Crippen MR) is 107 cm³/mol. The predicted octanol–water partition coefficient (Wildman–Crippen LogP) is 3.45. The number of rotatable bonds is 5. The zero-order chi connectivity index (χ0) is 18.1. The van der Waals surface area contributed by atoms with Crippen molar-refractivity contribution in [3.63, 3.8) is 0 Å². The third kappa shape index (κ3) is 2.95. The minimum Gasteiger partial charge on any atom is -0.368 e. The number of hydrogen-bond acceptors (Lipinski definition) is 2. The molecule has 4 N–H and O–H groups in total. The minimum atomic E-state index is -0.347. The summed E-state index contributed by atoms with van der Waals surface area (Å²) >= 11 is 0. The van der Waals surface area contributed by atoms with Gasteiger partial charge in [-0.15, -0.1) is 0 Å². The van der Waals surface area contributed by atoms with Gasteiger partial charge < -0.3 is 16.0 Å². The number of carbonyl (C=O) groups excluding carboxylic acids is 1. The number of fused-ring (bicyclic) bond motifs is 2. The molecule has 0 aliphatic carbocycles. The van der Waals surface area contributed by atoms with E-state index in [1.807, 2.05) is 10.8 Å². The van der Waals surface area contributed by atoms with Crippen LogP contribution in [-0.2, 0) is 17.8 Å². The van der Waals surface area contributed by atoms with Crippen molar-refractivity contribution in [2.75, 3.05) is 6.54 Å². The summed E-state index contributed by atoms with van der Waals surface area (Å²) in [5, 5.41) is 3.58. The number of nitrogens with zero attached hydrogens (tertiary/aromatic N) is 1. The second kappa shape index (κ2) is 6.65. The highest BCUT2D eigenvalue weighted by Crippen LogP contribution is 2.30. The average Bonchev–Trinajstić information content (AvgIpc) is 2.98. The lowest BCUT2D eigenvalue weighted by molar-refractivity contribution is -0.118. The molecule has 4 rings (SSSR count). The normalized spacial score (nSPS) is 11.3. The van der Waals surface area contributed by atoms with Gasteiger partial charge >= 0.3 is 0 Å². The summed E-state index contributed by atoms with van der Waals surface area (Å²) in [6, 6.07) is 21.2. The molecule has 0 aliphatic heterocycles. The monoisotopic (exact) mass is 343 g/mol. The number of aromatic nitrogens is 1. The van der Waals surface area contributed by atoms with Crippen LogP contribution in [0.5, 0.6) is 0 Å². The largest absolute Gasteiger partial charge is 0.368 e. The molecule has 0 radical (unpaired) electrons. The molecule has 130 valence electrons. The van der Waals surface area contributed by atoms with Crippen molar-refractivity contribution in [2.45, 2.75) is 13.0 Å². The second-order valence-corrected chi connectivity index (χ2v) is 6.58. The zero-order valence-corrected chi connectivity index (χ0v) is 14.5. The minimum absolute atomic E-state index is 0.177. The number of amides is 1. The first-order valence-electron chi connectivity index (χ1n) is 8.75. The van der Waals surface area contributed by atoms with E-state index in [4.69, 9.17) is 11.5 Å². The number of benzene rings is 3. The van der Waals surface area contributed by atoms with Gasteiger partial charge in [0.2, 0.25) is 5.91 Å². The van der Waals surface area contributed by atoms with Crippen molar-refractivity contribution in [2.24, 2.45) is 11.5 Å². The molecule has 0 saturated heterocycles. The van der Waals surface area contributed by atoms with E-state index in [0.29, 0.717) is 6.54 Å². The fourth-order valence-electron chi connectivity index (χ4n) is 3.57. The zero-order valence-electron chi connectivity index (χ0n) is 14.5. The lowest BCUT2D eigenvalue weighted by atomic mass is 9.99. The fraction of sp³-hybridized carbons (Fsp3) is 0.136. The molecular weight excluding hydrogens is 322 g/mol. The molecule has 1 amide bonds. The van der Waals surface area contributed by atoms with E-state index in [0.717, 1.165) is 28.5 Å². The Kier molecular flexibility index (Phi) is 4.19. The molecule has 1 aromatic heterocycles. The molecule has 0 fully saturated rings. The van der Waals surface area contributed by atoms with Crippen molar-refractivity contribution < 1.29 is 4.79 Å². The lowest BCUT2D eigenvalue weighted by Crippen LogP contribution is -2.17. The number of nitrogens with two attached hydrogens (primary N) is 2. The quantitative estimate of drug-likeness (QED) is 0.582. The van der Waals surface area contributed by atoms with Gasteiger partial charge in [0.15, 0.2) is 0 Å². The Morgan fingerprint density at radius 2 is 1.65 bits per heavy atom. The van der Waals surface area contributed by atoms with E-state index >= 15 is 0 Å². The van der Waals surface area contributed by atoms with Gasteiger partial charge in [-0.3, -0.25) is 4.79 Å². The molecule has 0 saturated carbocycles. The molecule has 0 unspecified atom stereocenters. The van der Waals surface area contributed by atoms with Gasteiger partial charge in [0.1, 0.15) is 6.54 Å². The van der Waals surface area contributed by atoms with Crippen LogP contribution in [0, 0.1) is 0 Å². The molecule has 3 aromatic carbocycles. The van der Waals surface area contributed by atoms with Crippen molar-refractivity contribution in [1.82, 2.24) is 4.57 Å². The first kappa shape index (κ1) is 16.4. The number of hydrogen-bond donors (Lipinski definition) is 2. The summed E-state index contributed by atoms with van der Waals surface area (Å²) in [6.07, 6.45) is 2.76. The van der Waals surface area contributed by atoms with Gasteiger partial charge in [-0.05, 0) is 58.6 Å². The fourth-order valence-corrected chi connectivity index (χ4v) is 3.57. The maximum atomic E-state index is 11.4. The molecule has 4 aromatic rings. The van der Waals surface area contributed by atoms with Gasteiger partial charge in [-0.2, -0.15) is 0 Å².